The van der Waals surface area contributed by atoms with E-state index in [2.05, 4.69) is 26.2 Å². The lowest BCUT2D eigenvalue weighted by atomic mass is 10.1. The third kappa shape index (κ3) is 3.77. The number of rotatable bonds is 3. The zero-order valence-corrected chi connectivity index (χ0v) is 12.2. The number of halogens is 1. The first kappa shape index (κ1) is 15.4. The average Bonchev–Trinajstić information content (AvgIpc) is 3.03. The average molecular weight is 309 g/mol. The van der Waals surface area contributed by atoms with Crippen LogP contribution >= 0.6 is 12.4 Å². The lowest BCUT2D eigenvalue weighted by molar-refractivity contribution is 0.0930. The quantitative estimate of drug-likeness (QED) is 0.866. The molecule has 0 unspecified atom stereocenters. The van der Waals surface area contributed by atoms with Crippen LogP contribution in [-0.4, -0.2) is 45.2 Å². The van der Waals surface area contributed by atoms with E-state index < -0.39 is 0 Å². The highest BCUT2D eigenvalue weighted by atomic mass is 35.5. The Hall–Kier alpha value is -1.99. The summed E-state index contributed by atoms with van der Waals surface area (Å²) in [5.74, 6) is -0.0398. The van der Waals surface area contributed by atoms with Gasteiger partial charge in [0, 0.05) is 18.2 Å². The van der Waals surface area contributed by atoms with Gasteiger partial charge in [0.25, 0.3) is 5.91 Å². The lowest BCUT2D eigenvalue weighted by Gasteiger charge is -2.23. The first-order valence-electron chi connectivity index (χ1n) is 6.68. The Bertz CT molecular complexity index is 565. The summed E-state index contributed by atoms with van der Waals surface area (Å²) in [6.45, 7) is 1.88. The third-order valence-electron chi connectivity index (χ3n) is 3.38. The first-order chi connectivity index (χ1) is 9.83. The predicted molar refractivity (Wildman–Crippen MR) is 79.8 cm³/mol. The van der Waals surface area contributed by atoms with Crippen molar-refractivity contribution in [3.8, 4) is 5.69 Å². The molecule has 1 aliphatic heterocycles. The molecule has 2 heterocycles. The predicted octanol–water partition coefficient (Wildman–Crippen LogP) is 0.566. The van der Waals surface area contributed by atoms with Gasteiger partial charge in [0.15, 0.2) is 0 Å². The number of benzene rings is 1. The summed E-state index contributed by atoms with van der Waals surface area (Å²) >= 11 is 0. The van der Waals surface area contributed by atoms with Crippen molar-refractivity contribution in [2.24, 2.45) is 0 Å². The Morgan fingerprint density at radius 1 is 1.33 bits per heavy atom. The van der Waals surface area contributed by atoms with Gasteiger partial charge >= 0.3 is 0 Å². The number of nitrogens with one attached hydrogen (secondary N) is 2. The fraction of sp³-hybridized carbons (Fsp3) is 0.385. The van der Waals surface area contributed by atoms with E-state index in [4.69, 9.17) is 0 Å². The number of carbonyl (C=O) groups excluding carboxylic acids is 1. The molecule has 1 aromatic heterocycles. The van der Waals surface area contributed by atoms with Crippen molar-refractivity contribution in [2.45, 2.75) is 18.9 Å². The van der Waals surface area contributed by atoms with Crippen LogP contribution in [0, 0.1) is 0 Å². The van der Waals surface area contributed by atoms with Crippen LogP contribution < -0.4 is 10.6 Å². The van der Waals surface area contributed by atoms with Crippen LogP contribution in [0.4, 0.5) is 0 Å². The number of tetrazole rings is 1. The fourth-order valence-corrected chi connectivity index (χ4v) is 2.29. The van der Waals surface area contributed by atoms with Gasteiger partial charge in [-0.2, -0.15) is 0 Å². The van der Waals surface area contributed by atoms with Crippen LogP contribution in [-0.2, 0) is 0 Å². The van der Waals surface area contributed by atoms with Crippen molar-refractivity contribution in [1.29, 1.82) is 0 Å². The molecule has 1 aliphatic rings. The van der Waals surface area contributed by atoms with E-state index >= 15 is 0 Å². The fourth-order valence-electron chi connectivity index (χ4n) is 2.29. The summed E-state index contributed by atoms with van der Waals surface area (Å²) in [6, 6.07) is 7.43. The monoisotopic (exact) mass is 308 g/mol. The number of hydrogen-bond donors (Lipinski definition) is 2. The largest absolute Gasteiger partial charge is 0.348 e. The molecule has 2 N–H and O–H groups in total. The molecule has 0 saturated carbocycles. The smallest absolute Gasteiger partial charge is 0.251 e. The molecular formula is C13H17ClN6O. The number of hydrogen-bond acceptors (Lipinski definition) is 5. The third-order valence-corrected chi connectivity index (χ3v) is 3.38. The van der Waals surface area contributed by atoms with Gasteiger partial charge in [0.2, 0.25) is 0 Å². The van der Waals surface area contributed by atoms with Crippen molar-refractivity contribution in [3.05, 3.63) is 36.2 Å². The molecule has 0 radical (unpaired) electrons. The van der Waals surface area contributed by atoms with E-state index in [1.807, 2.05) is 12.1 Å². The van der Waals surface area contributed by atoms with Gasteiger partial charge in [-0.15, -0.1) is 17.5 Å². The lowest BCUT2D eigenvalue weighted by Crippen LogP contribution is -2.45. The molecule has 3 rings (SSSR count). The SMILES string of the molecule is Cl.O=C(N[C@H]1CCCNC1)c1ccc(-n2cnnn2)cc1. The standard InChI is InChI=1S/C13H16N6O.ClH/c20-13(16-11-2-1-7-14-8-11)10-3-5-12(6-4-10)19-9-15-17-18-19;/h3-6,9,11,14H,1-2,7-8H2,(H,16,20);1H/t11-;/m0./s1. The van der Waals surface area contributed by atoms with Crippen molar-refractivity contribution < 1.29 is 4.79 Å². The highest BCUT2D eigenvalue weighted by Crippen LogP contribution is 2.09. The maximum absolute atomic E-state index is 12.1. The molecule has 1 aromatic carbocycles. The minimum absolute atomic E-state index is 0. The van der Waals surface area contributed by atoms with Gasteiger partial charge in [-0.05, 0) is 54.1 Å². The van der Waals surface area contributed by atoms with E-state index in [0.717, 1.165) is 31.6 Å². The van der Waals surface area contributed by atoms with Gasteiger partial charge in [0.1, 0.15) is 6.33 Å². The first-order valence-corrected chi connectivity index (χ1v) is 6.68. The van der Waals surface area contributed by atoms with E-state index in [1.165, 1.54) is 6.33 Å². The molecule has 2 aromatic rings. The Balaban J connectivity index is 0.00000161. The molecule has 1 saturated heterocycles. The molecule has 112 valence electrons. The van der Waals surface area contributed by atoms with Gasteiger partial charge in [0.05, 0.1) is 5.69 Å². The maximum Gasteiger partial charge on any atom is 0.251 e. The van der Waals surface area contributed by atoms with Crippen LogP contribution in [0.5, 0.6) is 0 Å². The van der Waals surface area contributed by atoms with Crippen molar-refractivity contribution in [3.63, 3.8) is 0 Å². The van der Waals surface area contributed by atoms with Gasteiger partial charge in [-0.25, -0.2) is 4.68 Å². The minimum Gasteiger partial charge on any atom is -0.348 e. The number of amides is 1. The molecule has 8 heteroatoms. The Labute approximate surface area is 128 Å². The van der Waals surface area contributed by atoms with Crippen molar-refractivity contribution in [1.82, 2.24) is 30.8 Å². The van der Waals surface area contributed by atoms with Crippen LogP contribution in [0.1, 0.15) is 23.2 Å². The second-order valence-electron chi connectivity index (χ2n) is 4.82. The van der Waals surface area contributed by atoms with Crippen molar-refractivity contribution >= 4 is 18.3 Å². The van der Waals surface area contributed by atoms with E-state index in [-0.39, 0.29) is 24.4 Å². The summed E-state index contributed by atoms with van der Waals surface area (Å²) in [5, 5.41) is 17.3. The van der Waals surface area contributed by atoms with E-state index in [1.54, 1.807) is 16.8 Å². The molecule has 0 spiro atoms. The molecule has 1 fully saturated rings. The second kappa shape index (κ2) is 7.14. The van der Waals surface area contributed by atoms with Crippen LogP contribution in [0.15, 0.2) is 30.6 Å². The van der Waals surface area contributed by atoms with E-state index in [9.17, 15) is 4.79 Å². The maximum atomic E-state index is 12.1. The van der Waals surface area contributed by atoms with Gasteiger partial charge in [-0.3, -0.25) is 4.79 Å². The van der Waals surface area contributed by atoms with Gasteiger partial charge < -0.3 is 10.6 Å². The number of carbonyl (C=O) groups is 1. The van der Waals surface area contributed by atoms with E-state index in [0.29, 0.717) is 5.56 Å². The molecule has 7 nitrogen and oxygen atoms in total. The molecule has 0 aliphatic carbocycles. The minimum atomic E-state index is -0.0398. The molecule has 0 bridgehead atoms. The Kier molecular flexibility index (Phi) is 5.24. The highest BCUT2D eigenvalue weighted by molar-refractivity contribution is 5.94. The normalized spacial score (nSPS) is 17.8. The zero-order valence-electron chi connectivity index (χ0n) is 11.4. The summed E-state index contributed by atoms with van der Waals surface area (Å²) in [6.07, 6.45) is 3.65. The molecule has 1 atom stereocenters. The van der Waals surface area contributed by atoms with Crippen LogP contribution in [0.3, 0.4) is 0 Å². The molecule has 1 amide bonds. The summed E-state index contributed by atoms with van der Waals surface area (Å²) in [5.41, 5.74) is 1.47. The van der Waals surface area contributed by atoms with Gasteiger partial charge in [-0.1, -0.05) is 0 Å². The summed E-state index contributed by atoms with van der Waals surface area (Å²) in [7, 11) is 0. The zero-order chi connectivity index (χ0) is 13.8. The molecule has 21 heavy (non-hydrogen) atoms. The number of nitrogens with zero attached hydrogens (tertiary/aromatic N) is 4. The number of piperidine rings is 1. The topological polar surface area (TPSA) is 84.7 Å². The Morgan fingerprint density at radius 3 is 2.76 bits per heavy atom. The summed E-state index contributed by atoms with van der Waals surface area (Å²) < 4.78 is 1.55. The summed E-state index contributed by atoms with van der Waals surface area (Å²) in [4.78, 5) is 12.1. The van der Waals surface area contributed by atoms with Crippen LogP contribution in [0.25, 0.3) is 5.69 Å². The number of aromatic nitrogens is 4. The van der Waals surface area contributed by atoms with Crippen molar-refractivity contribution in [2.75, 3.05) is 13.1 Å². The highest BCUT2D eigenvalue weighted by Gasteiger charge is 2.16. The van der Waals surface area contributed by atoms with Crippen LogP contribution in [0.2, 0.25) is 0 Å². The second-order valence-corrected chi connectivity index (χ2v) is 4.82. The Morgan fingerprint density at radius 2 is 2.14 bits per heavy atom. The molecular weight excluding hydrogens is 292 g/mol.